The van der Waals surface area contributed by atoms with E-state index in [0.29, 0.717) is 165 Å². The Morgan fingerprint density at radius 3 is 1.30 bits per heavy atom. The molecular weight excluding hydrogens is 692 g/mol. The Hall–Kier alpha value is -2.26. The van der Waals surface area contributed by atoms with E-state index < -0.39 is 0 Å². The summed E-state index contributed by atoms with van der Waals surface area (Å²) in [7, 11) is 1.65. The van der Waals surface area contributed by atoms with Crippen molar-refractivity contribution < 1.29 is 56.8 Å². The number of hydrogen-bond donors (Lipinski definition) is 1. The standard InChI is InChI=1S/C37H66N4O12/c1-3-4-5-6-7-8-9-10-38-35-37-36-41(40-39-37)11-12-43-15-16-45-19-20-47-23-24-49-27-28-51-31-32-53-34-33-52-30-29-50-26-25-48-22-21-46-18-17-44-14-13-42-2/h36,38H,3,8-35H2,1-2H3. The lowest BCUT2D eigenvalue weighted by Gasteiger charge is -2.09. The molecule has 0 aliphatic carbocycles. The Labute approximate surface area is 317 Å². The third-order valence-corrected chi connectivity index (χ3v) is 6.58. The molecule has 0 fully saturated rings. The number of hydrogen-bond acceptors (Lipinski definition) is 15. The number of rotatable bonds is 41. The highest BCUT2D eigenvalue weighted by atomic mass is 16.6. The van der Waals surface area contributed by atoms with Crippen molar-refractivity contribution in [2.24, 2.45) is 0 Å². The van der Waals surface area contributed by atoms with Crippen molar-refractivity contribution in [2.75, 3.05) is 166 Å². The second-order valence-corrected chi connectivity index (χ2v) is 10.9. The molecule has 0 bridgehead atoms. The topological polar surface area (TPSA) is 154 Å². The predicted octanol–water partition coefficient (Wildman–Crippen LogP) is 1.39. The van der Waals surface area contributed by atoms with Gasteiger partial charge in [-0.3, -0.25) is 0 Å². The SMILES string of the molecule is CCC#CC#CCCCNCc1cn(CCOCCOCCOCCOCCOCCOCCOCCOCCOCCOCCOCCOC)nn1. The van der Waals surface area contributed by atoms with E-state index in [1.54, 1.807) is 11.8 Å². The quantitative estimate of drug-likeness (QED) is 0.0756. The van der Waals surface area contributed by atoms with E-state index >= 15 is 0 Å². The molecule has 0 saturated carbocycles. The number of aromatic nitrogens is 3. The van der Waals surface area contributed by atoms with Crippen LogP contribution in [0.2, 0.25) is 0 Å². The fraction of sp³-hybridized carbons (Fsp3) is 0.838. The van der Waals surface area contributed by atoms with Crippen LogP contribution in [0.4, 0.5) is 0 Å². The van der Waals surface area contributed by atoms with Crippen LogP contribution >= 0.6 is 0 Å². The summed E-state index contributed by atoms with van der Waals surface area (Å²) >= 11 is 0. The summed E-state index contributed by atoms with van der Waals surface area (Å²) in [5.41, 5.74) is 0.902. The van der Waals surface area contributed by atoms with Crippen molar-refractivity contribution in [3.05, 3.63) is 11.9 Å². The van der Waals surface area contributed by atoms with Crippen molar-refractivity contribution in [1.29, 1.82) is 0 Å². The molecule has 53 heavy (non-hydrogen) atoms. The van der Waals surface area contributed by atoms with Crippen molar-refractivity contribution in [1.82, 2.24) is 20.3 Å². The first-order valence-corrected chi connectivity index (χ1v) is 18.8. The average Bonchev–Trinajstić information content (AvgIpc) is 3.63. The highest BCUT2D eigenvalue weighted by Gasteiger charge is 2.01. The largest absolute Gasteiger partial charge is 0.382 e. The fourth-order valence-corrected chi connectivity index (χ4v) is 3.89. The highest BCUT2D eigenvalue weighted by Crippen LogP contribution is 1.94. The molecule has 0 aromatic carbocycles. The number of unbranched alkanes of at least 4 members (excludes halogenated alkanes) is 1. The molecule has 16 heteroatoms. The van der Waals surface area contributed by atoms with E-state index in [2.05, 4.69) is 39.3 Å². The molecule has 1 N–H and O–H groups in total. The van der Waals surface area contributed by atoms with Crippen LogP contribution in [0.1, 0.15) is 31.9 Å². The molecule has 16 nitrogen and oxygen atoms in total. The lowest BCUT2D eigenvalue weighted by atomic mass is 10.3. The van der Waals surface area contributed by atoms with Gasteiger partial charge in [-0.25, -0.2) is 4.68 Å². The molecule has 0 atom stereocenters. The van der Waals surface area contributed by atoms with Gasteiger partial charge in [0.1, 0.15) is 0 Å². The molecule has 0 amide bonds. The summed E-state index contributed by atoms with van der Waals surface area (Å²) in [6.07, 6.45) is 4.57. The summed E-state index contributed by atoms with van der Waals surface area (Å²) in [5, 5.41) is 11.7. The number of methoxy groups -OCH3 is 1. The van der Waals surface area contributed by atoms with Gasteiger partial charge in [-0.05, 0) is 24.8 Å². The molecule has 1 aromatic rings. The first-order valence-electron chi connectivity index (χ1n) is 18.8. The zero-order valence-corrected chi connectivity index (χ0v) is 32.3. The molecule has 1 aromatic heterocycles. The molecule has 1 rings (SSSR count). The van der Waals surface area contributed by atoms with Crippen LogP contribution in [0.3, 0.4) is 0 Å². The highest BCUT2D eigenvalue weighted by molar-refractivity contribution is 5.25. The fourth-order valence-electron chi connectivity index (χ4n) is 3.89. The second-order valence-electron chi connectivity index (χ2n) is 10.9. The predicted molar refractivity (Wildman–Crippen MR) is 198 cm³/mol. The van der Waals surface area contributed by atoms with Crippen molar-refractivity contribution in [2.45, 2.75) is 39.3 Å². The molecule has 0 saturated heterocycles. The van der Waals surface area contributed by atoms with Crippen molar-refractivity contribution in [3.63, 3.8) is 0 Å². The van der Waals surface area contributed by atoms with Gasteiger partial charge in [0, 0.05) is 32.7 Å². The van der Waals surface area contributed by atoms with E-state index in [-0.39, 0.29) is 0 Å². The maximum atomic E-state index is 5.62. The second kappa shape index (κ2) is 42.5. The normalized spacial score (nSPS) is 11.1. The number of nitrogens with zero attached hydrogens (tertiary/aromatic N) is 3. The Morgan fingerprint density at radius 2 is 0.906 bits per heavy atom. The summed E-state index contributed by atoms with van der Waals surface area (Å²) in [5.74, 6) is 11.7. The van der Waals surface area contributed by atoms with Gasteiger partial charge in [-0.15, -0.1) is 5.10 Å². The smallest absolute Gasteiger partial charge is 0.0964 e. The summed E-state index contributed by atoms with van der Waals surface area (Å²) < 4.78 is 67.0. The van der Waals surface area contributed by atoms with Gasteiger partial charge in [-0.1, -0.05) is 24.0 Å². The summed E-state index contributed by atoms with van der Waals surface area (Å²) in [6.45, 7) is 16.2. The molecule has 306 valence electrons. The van der Waals surface area contributed by atoms with E-state index in [1.807, 2.05) is 13.1 Å². The van der Waals surface area contributed by atoms with Gasteiger partial charge in [0.25, 0.3) is 0 Å². The Kier molecular flexibility index (Phi) is 39.1. The molecule has 1 heterocycles. The van der Waals surface area contributed by atoms with Gasteiger partial charge in [0.05, 0.1) is 164 Å². The van der Waals surface area contributed by atoms with Crippen molar-refractivity contribution >= 4 is 0 Å². The summed E-state index contributed by atoms with van der Waals surface area (Å²) in [6, 6.07) is 0. The van der Waals surface area contributed by atoms with Gasteiger partial charge in [0.2, 0.25) is 0 Å². The third kappa shape index (κ3) is 37.8. The van der Waals surface area contributed by atoms with Gasteiger partial charge in [0.15, 0.2) is 0 Å². The van der Waals surface area contributed by atoms with Gasteiger partial charge < -0.3 is 62.2 Å². The van der Waals surface area contributed by atoms with E-state index in [0.717, 1.165) is 31.5 Å². The van der Waals surface area contributed by atoms with Crippen LogP contribution in [0.25, 0.3) is 0 Å². The van der Waals surface area contributed by atoms with Gasteiger partial charge in [-0.2, -0.15) is 0 Å². The van der Waals surface area contributed by atoms with E-state index in [1.165, 1.54) is 0 Å². The third-order valence-electron chi connectivity index (χ3n) is 6.58. The van der Waals surface area contributed by atoms with Crippen LogP contribution in [0.15, 0.2) is 6.20 Å². The minimum absolute atomic E-state index is 0.503. The zero-order chi connectivity index (χ0) is 37.8. The zero-order valence-electron chi connectivity index (χ0n) is 32.3. The lowest BCUT2D eigenvalue weighted by Crippen LogP contribution is -2.15. The van der Waals surface area contributed by atoms with Crippen LogP contribution in [-0.4, -0.2) is 181 Å². The molecule has 0 unspecified atom stereocenters. The molecular formula is C37H66N4O12. The van der Waals surface area contributed by atoms with Crippen LogP contribution in [0, 0.1) is 23.7 Å². The maximum absolute atomic E-state index is 5.62. The minimum Gasteiger partial charge on any atom is -0.382 e. The molecule has 0 radical (unpaired) electrons. The van der Waals surface area contributed by atoms with Gasteiger partial charge >= 0.3 is 0 Å². The number of nitrogens with one attached hydrogen (secondary N) is 1. The summed E-state index contributed by atoms with van der Waals surface area (Å²) in [4.78, 5) is 0. The number of ether oxygens (including phenoxy) is 12. The molecule has 0 aliphatic heterocycles. The van der Waals surface area contributed by atoms with E-state index in [4.69, 9.17) is 56.8 Å². The van der Waals surface area contributed by atoms with Crippen LogP contribution in [0.5, 0.6) is 0 Å². The monoisotopic (exact) mass is 758 g/mol. The molecule has 0 aliphatic rings. The Balaban J connectivity index is 1.69. The maximum Gasteiger partial charge on any atom is 0.0964 e. The Morgan fingerprint density at radius 1 is 0.528 bits per heavy atom. The average molecular weight is 759 g/mol. The van der Waals surface area contributed by atoms with E-state index in [9.17, 15) is 0 Å². The first kappa shape index (κ1) is 48.8. The lowest BCUT2D eigenvalue weighted by molar-refractivity contribution is -0.0280. The minimum atomic E-state index is 0.503. The van der Waals surface area contributed by atoms with Crippen LogP contribution < -0.4 is 5.32 Å². The Bertz CT molecular complexity index is 1020. The van der Waals surface area contributed by atoms with Crippen molar-refractivity contribution in [3.8, 4) is 23.7 Å². The molecule has 0 spiro atoms. The first-order chi connectivity index (χ1) is 26.4. The van der Waals surface area contributed by atoms with Crippen LogP contribution in [-0.2, 0) is 69.9 Å².